The third kappa shape index (κ3) is 1.59. The molecule has 0 amide bonds. The number of ether oxygens (including phenoxy) is 1. The van der Waals surface area contributed by atoms with Gasteiger partial charge in [-0.25, -0.2) is 4.79 Å². The molecule has 3 rings (SSSR count). The van der Waals surface area contributed by atoms with Crippen molar-refractivity contribution in [2.75, 3.05) is 17.2 Å². The Hall–Kier alpha value is -1.88. The maximum Gasteiger partial charge on any atom is 0.343 e. The van der Waals surface area contributed by atoms with Crippen LogP contribution in [0, 0.1) is 6.92 Å². The lowest BCUT2D eigenvalue weighted by molar-refractivity contribution is -0.135. The molecule has 0 radical (unpaired) electrons. The van der Waals surface area contributed by atoms with Crippen LogP contribution < -0.4 is 10.6 Å². The fourth-order valence-corrected chi connectivity index (χ4v) is 2.27. The van der Waals surface area contributed by atoms with Crippen molar-refractivity contribution >= 4 is 34.6 Å². The number of anilines is 2. The Morgan fingerprint density at radius 3 is 2.94 bits per heavy atom. The number of hydrogen-bond acceptors (Lipinski definition) is 4. The Labute approximate surface area is 104 Å². The molecular formula is C12H10N2O2S. The van der Waals surface area contributed by atoms with Crippen molar-refractivity contribution in [3.8, 4) is 0 Å². The highest BCUT2D eigenvalue weighted by Gasteiger charge is 2.31. The summed E-state index contributed by atoms with van der Waals surface area (Å²) >= 11 is 5.22. The largest absolute Gasteiger partial charge is 0.456 e. The van der Waals surface area contributed by atoms with E-state index >= 15 is 0 Å². The topological polar surface area (TPSA) is 50.4 Å². The molecule has 0 fully saturated rings. The first-order valence-electron chi connectivity index (χ1n) is 5.24. The summed E-state index contributed by atoms with van der Waals surface area (Å²) in [4.78, 5) is 12.0. The van der Waals surface area contributed by atoms with E-state index in [0.29, 0.717) is 10.6 Å². The van der Waals surface area contributed by atoms with E-state index in [2.05, 4.69) is 10.6 Å². The number of fused-ring (bicyclic) bond motifs is 1. The Kier molecular flexibility index (Phi) is 2.16. The molecule has 0 saturated heterocycles. The molecule has 0 saturated carbocycles. The Morgan fingerprint density at radius 2 is 2.12 bits per heavy atom. The first-order chi connectivity index (χ1) is 8.15. The van der Waals surface area contributed by atoms with Gasteiger partial charge in [-0.3, -0.25) is 0 Å². The molecule has 0 spiro atoms. The maximum absolute atomic E-state index is 11.5. The Balaban J connectivity index is 2.10. The van der Waals surface area contributed by atoms with Gasteiger partial charge in [-0.1, -0.05) is 18.3 Å². The molecule has 0 atom stereocenters. The molecular weight excluding hydrogens is 236 g/mol. The second kappa shape index (κ2) is 3.56. The van der Waals surface area contributed by atoms with Crippen LogP contribution in [-0.2, 0) is 9.53 Å². The summed E-state index contributed by atoms with van der Waals surface area (Å²) in [7, 11) is 0. The highest BCUT2D eigenvalue weighted by atomic mass is 32.1. The average Bonchev–Trinajstić information content (AvgIpc) is 2.56. The standard InChI is InChI=1S/C12H10N2O2S/c1-6-2-3-7-8(4-6)14-11(17)10-9(13-7)5-16-12(10)15/h2-4,13H,5H2,1H3,(H,14,17). The van der Waals surface area contributed by atoms with Crippen molar-refractivity contribution in [3.63, 3.8) is 0 Å². The van der Waals surface area contributed by atoms with Crippen molar-refractivity contribution in [3.05, 3.63) is 35.0 Å². The second-order valence-electron chi connectivity index (χ2n) is 4.06. The Morgan fingerprint density at radius 1 is 1.29 bits per heavy atom. The number of cyclic esters (lactones) is 1. The van der Waals surface area contributed by atoms with E-state index in [1.165, 1.54) is 0 Å². The van der Waals surface area contributed by atoms with Crippen molar-refractivity contribution in [1.82, 2.24) is 0 Å². The molecule has 0 aromatic heterocycles. The van der Waals surface area contributed by atoms with Crippen LogP contribution in [0.4, 0.5) is 11.4 Å². The summed E-state index contributed by atoms with van der Waals surface area (Å²) in [6.07, 6.45) is 0. The number of nitrogens with one attached hydrogen (secondary N) is 2. The second-order valence-corrected chi connectivity index (χ2v) is 4.47. The smallest absolute Gasteiger partial charge is 0.343 e. The Bertz CT molecular complexity index is 578. The number of thiocarbonyl (C=S) groups is 1. The average molecular weight is 246 g/mol. The van der Waals surface area contributed by atoms with E-state index < -0.39 is 0 Å². The van der Waals surface area contributed by atoms with Gasteiger partial charge in [0.05, 0.1) is 17.1 Å². The van der Waals surface area contributed by atoms with Crippen LogP contribution in [0.15, 0.2) is 29.5 Å². The maximum atomic E-state index is 11.5. The normalized spacial score (nSPS) is 17.7. The van der Waals surface area contributed by atoms with Gasteiger partial charge in [-0.15, -0.1) is 0 Å². The first kappa shape index (κ1) is 10.3. The minimum Gasteiger partial charge on any atom is -0.456 e. The summed E-state index contributed by atoms with van der Waals surface area (Å²) in [5, 5.41) is 6.27. The molecule has 17 heavy (non-hydrogen) atoms. The third-order valence-corrected chi connectivity index (χ3v) is 3.10. The van der Waals surface area contributed by atoms with Crippen molar-refractivity contribution < 1.29 is 9.53 Å². The van der Waals surface area contributed by atoms with Crippen LogP contribution in [-0.4, -0.2) is 17.6 Å². The molecule has 2 heterocycles. The number of carbonyl (C=O) groups excluding carboxylic acids is 1. The van der Waals surface area contributed by atoms with Gasteiger partial charge in [0.25, 0.3) is 0 Å². The highest BCUT2D eigenvalue weighted by Crippen LogP contribution is 2.31. The summed E-state index contributed by atoms with van der Waals surface area (Å²) < 4.78 is 4.96. The van der Waals surface area contributed by atoms with E-state index in [4.69, 9.17) is 17.0 Å². The number of esters is 1. The van der Waals surface area contributed by atoms with Crippen molar-refractivity contribution in [2.24, 2.45) is 0 Å². The highest BCUT2D eigenvalue weighted by molar-refractivity contribution is 7.81. The predicted octanol–water partition coefficient (Wildman–Crippen LogP) is 1.97. The molecule has 4 nitrogen and oxygen atoms in total. The number of rotatable bonds is 0. The van der Waals surface area contributed by atoms with Gasteiger partial charge in [0.2, 0.25) is 0 Å². The minimum atomic E-state index is -0.366. The fourth-order valence-electron chi connectivity index (χ4n) is 1.95. The molecule has 2 aliphatic rings. The molecule has 0 unspecified atom stereocenters. The van der Waals surface area contributed by atoms with Gasteiger partial charge in [0.1, 0.15) is 17.2 Å². The van der Waals surface area contributed by atoms with Crippen molar-refractivity contribution in [2.45, 2.75) is 6.92 Å². The summed E-state index contributed by atoms with van der Waals surface area (Å²) in [5.41, 5.74) is 4.09. The van der Waals surface area contributed by atoms with Gasteiger partial charge in [0, 0.05) is 0 Å². The van der Waals surface area contributed by atoms with E-state index in [9.17, 15) is 4.79 Å². The molecule has 0 aliphatic carbocycles. The van der Waals surface area contributed by atoms with Gasteiger partial charge in [0.15, 0.2) is 0 Å². The monoisotopic (exact) mass is 246 g/mol. The summed E-state index contributed by atoms with van der Waals surface area (Å²) in [5.74, 6) is -0.366. The van der Waals surface area contributed by atoms with Crippen molar-refractivity contribution in [1.29, 1.82) is 0 Å². The van der Waals surface area contributed by atoms with Gasteiger partial charge in [-0.2, -0.15) is 0 Å². The molecule has 1 aromatic rings. The van der Waals surface area contributed by atoms with Crippen LogP contribution in [0.2, 0.25) is 0 Å². The number of carbonyl (C=O) groups is 1. The predicted molar refractivity (Wildman–Crippen MR) is 69.0 cm³/mol. The molecule has 86 valence electrons. The third-order valence-electron chi connectivity index (χ3n) is 2.79. The van der Waals surface area contributed by atoms with E-state index in [1.807, 2.05) is 25.1 Å². The van der Waals surface area contributed by atoms with Crippen LogP contribution in [0.25, 0.3) is 0 Å². The molecule has 2 N–H and O–H groups in total. The molecule has 5 heteroatoms. The van der Waals surface area contributed by atoms with Crippen LogP contribution in [0.5, 0.6) is 0 Å². The van der Waals surface area contributed by atoms with E-state index in [0.717, 1.165) is 22.6 Å². The molecule has 2 aliphatic heterocycles. The molecule has 1 aromatic carbocycles. The number of aryl methyl sites for hydroxylation is 1. The zero-order valence-corrected chi connectivity index (χ0v) is 9.98. The SMILES string of the molecule is Cc1ccc2c(c1)NC(=S)C1=C(COC1=O)N2. The first-order valence-corrected chi connectivity index (χ1v) is 5.65. The number of benzene rings is 1. The van der Waals surface area contributed by atoms with Crippen LogP contribution in [0.3, 0.4) is 0 Å². The van der Waals surface area contributed by atoms with E-state index in [1.54, 1.807) is 0 Å². The lowest BCUT2D eigenvalue weighted by Crippen LogP contribution is -2.16. The van der Waals surface area contributed by atoms with Gasteiger partial charge >= 0.3 is 5.97 Å². The lowest BCUT2D eigenvalue weighted by Gasteiger charge is -2.11. The quantitative estimate of drug-likeness (QED) is 0.541. The van der Waals surface area contributed by atoms with Crippen LogP contribution >= 0.6 is 12.2 Å². The fraction of sp³-hybridized carbons (Fsp3) is 0.167. The minimum absolute atomic E-state index is 0.253. The van der Waals surface area contributed by atoms with E-state index in [-0.39, 0.29) is 12.6 Å². The molecule has 0 bridgehead atoms. The zero-order chi connectivity index (χ0) is 12.0. The number of hydrogen-bond donors (Lipinski definition) is 2. The van der Waals surface area contributed by atoms with Gasteiger partial charge < -0.3 is 15.4 Å². The van der Waals surface area contributed by atoms with Crippen LogP contribution in [0.1, 0.15) is 5.56 Å². The van der Waals surface area contributed by atoms with Gasteiger partial charge in [-0.05, 0) is 24.6 Å². The lowest BCUT2D eigenvalue weighted by atomic mass is 10.2. The summed E-state index contributed by atoms with van der Waals surface area (Å²) in [6, 6.07) is 5.95. The zero-order valence-electron chi connectivity index (χ0n) is 9.16. The summed E-state index contributed by atoms with van der Waals surface area (Å²) in [6.45, 7) is 2.26.